The van der Waals surface area contributed by atoms with Crippen LogP contribution >= 0.6 is 0 Å². The molecule has 0 aliphatic heterocycles. The predicted molar refractivity (Wildman–Crippen MR) is 72.6 cm³/mol. The summed E-state index contributed by atoms with van der Waals surface area (Å²) in [6.45, 7) is 5.51. The van der Waals surface area contributed by atoms with E-state index in [1.165, 1.54) is 0 Å². The van der Waals surface area contributed by atoms with Crippen LogP contribution in [0.25, 0.3) is 10.4 Å². The lowest BCUT2D eigenvalue weighted by atomic mass is 10.1. The highest BCUT2D eigenvalue weighted by atomic mass is 16.6. The van der Waals surface area contributed by atoms with E-state index in [9.17, 15) is 4.79 Å². The molecule has 6 heteroatoms. The van der Waals surface area contributed by atoms with Crippen molar-refractivity contribution in [2.45, 2.75) is 32.4 Å². The van der Waals surface area contributed by atoms with Crippen molar-refractivity contribution in [2.24, 2.45) is 5.11 Å². The number of alkyl carbamates (subject to hydrolysis) is 1. The van der Waals surface area contributed by atoms with E-state index < -0.39 is 17.7 Å². The molecule has 0 aliphatic rings. The number of nitrogens with one attached hydrogen (secondary N) is 1. The SMILES string of the molecule is CC(C)(C)OC(=O)NC(CN=[N+]=[N-])c1ccccc1. The van der Waals surface area contributed by atoms with Crippen molar-refractivity contribution in [1.82, 2.24) is 5.32 Å². The van der Waals surface area contributed by atoms with Gasteiger partial charge in [-0.1, -0.05) is 35.4 Å². The van der Waals surface area contributed by atoms with Gasteiger partial charge in [-0.3, -0.25) is 0 Å². The molecule has 0 saturated heterocycles. The summed E-state index contributed by atoms with van der Waals surface area (Å²) in [7, 11) is 0. The van der Waals surface area contributed by atoms with Crippen LogP contribution in [-0.4, -0.2) is 18.2 Å². The summed E-state index contributed by atoms with van der Waals surface area (Å²) >= 11 is 0. The molecule has 19 heavy (non-hydrogen) atoms. The van der Waals surface area contributed by atoms with E-state index in [4.69, 9.17) is 10.3 Å². The summed E-state index contributed by atoms with van der Waals surface area (Å²) in [5.74, 6) is 0. The van der Waals surface area contributed by atoms with Crippen molar-refractivity contribution in [2.75, 3.05) is 6.54 Å². The topological polar surface area (TPSA) is 87.1 Å². The minimum absolute atomic E-state index is 0.139. The van der Waals surface area contributed by atoms with Gasteiger partial charge in [0.25, 0.3) is 0 Å². The van der Waals surface area contributed by atoms with E-state index in [-0.39, 0.29) is 6.54 Å². The fraction of sp³-hybridized carbons (Fsp3) is 0.462. The van der Waals surface area contributed by atoms with Gasteiger partial charge >= 0.3 is 6.09 Å². The molecule has 0 fully saturated rings. The van der Waals surface area contributed by atoms with Crippen LogP contribution in [0.15, 0.2) is 35.4 Å². The molecule has 0 radical (unpaired) electrons. The van der Waals surface area contributed by atoms with E-state index in [1.807, 2.05) is 30.3 Å². The number of hydrogen-bond acceptors (Lipinski definition) is 3. The Morgan fingerprint density at radius 3 is 2.58 bits per heavy atom. The van der Waals surface area contributed by atoms with E-state index in [0.29, 0.717) is 0 Å². The highest BCUT2D eigenvalue weighted by molar-refractivity contribution is 5.68. The number of rotatable bonds is 4. The first kappa shape index (κ1) is 14.9. The fourth-order valence-corrected chi connectivity index (χ4v) is 1.49. The Kier molecular flexibility index (Phi) is 5.21. The molecule has 0 saturated carbocycles. The molecular formula is C13H18N4O2. The Morgan fingerprint density at radius 2 is 2.05 bits per heavy atom. The van der Waals surface area contributed by atoms with Gasteiger partial charge in [0.05, 0.1) is 12.6 Å². The van der Waals surface area contributed by atoms with Gasteiger partial charge in [-0.25, -0.2) is 4.79 Å². The van der Waals surface area contributed by atoms with Crippen LogP contribution in [0.4, 0.5) is 4.79 Å². The zero-order chi connectivity index (χ0) is 14.3. The number of carbonyl (C=O) groups is 1. The van der Waals surface area contributed by atoms with Gasteiger partial charge in [0, 0.05) is 4.91 Å². The van der Waals surface area contributed by atoms with Crippen LogP contribution in [0.5, 0.6) is 0 Å². The van der Waals surface area contributed by atoms with Crippen molar-refractivity contribution >= 4 is 6.09 Å². The van der Waals surface area contributed by atoms with E-state index in [1.54, 1.807) is 20.8 Å². The number of nitrogens with zero attached hydrogens (tertiary/aromatic N) is 3. The summed E-state index contributed by atoms with van der Waals surface area (Å²) in [4.78, 5) is 14.5. The smallest absolute Gasteiger partial charge is 0.408 e. The molecule has 0 aliphatic carbocycles. The fourth-order valence-electron chi connectivity index (χ4n) is 1.49. The first-order valence-electron chi connectivity index (χ1n) is 5.97. The van der Waals surface area contributed by atoms with Crippen molar-refractivity contribution in [3.05, 3.63) is 46.3 Å². The van der Waals surface area contributed by atoms with Crippen molar-refractivity contribution < 1.29 is 9.53 Å². The second-order valence-electron chi connectivity index (χ2n) is 5.02. The Labute approximate surface area is 112 Å². The normalized spacial score (nSPS) is 12.2. The lowest BCUT2D eigenvalue weighted by Crippen LogP contribution is -2.36. The van der Waals surface area contributed by atoms with Gasteiger partial charge in [0.2, 0.25) is 0 Å². The Hall–Kier alpha value is -2.20. The lowest BCUT2D eigenvalue weighted by Gasteiger charge is -2.23. The maximum absolute atomic E-state index is 11.7. The standard InChI is InChI=1S/C13H18N4O2/c1-13(2,3)19-12(18)16-11(9-15-17-14)10-7-5-4-6-8-10/h4-8,11H,9H2,1-3H3,(H,16,18). The van der Waals surface area contributed by atoms with Gasteiger partial charge in [-0.2, -0.15) is 0 Å². The van der Waals surface area contributed by atoms with E-state index >= 15 is 0 Å². The summed E-state index contributed by atoms with van der Waals surface area (Å²) < 4.78 is 5.18. The summed E-state index contributed by atoms with van der Waals surface area (Å²) in [5, 5.41) is 6.21. The van der Waals surface area contributed by atoms with Gasteiger partial charge in [0.1, 0.15) is 5.60 Å². The van der Waals surface area contributed by atoms with Crippen LogP contribution in [0.3, 0.4) is 0 Å². The summed E-state index contributed by atoms with van der Waals surface area (Å²) in [5.41, 5.74) is 8.69. The molecule has 1 aromatic rings. The maximum atomic E-state index is 11.7. The van der Waals surface area contributed by atoms with Gasteiger partial charge < -0.3 is 10.1 Å². The maximum Gasteiger partial charge on any atom is 0.408 e. The predicted octanol–water partition coefficient (Wildman–Crippen LogP) is 3.56. The van der Waals surface area contributed by atoms with Crippen LogP contribution in [0, 0.1) is 0 Å². The third-order valence-corrected chi connectivity index (χ3v) is 2.22. The largest absolute Gasteiger partial charge is 0.444 e. The molecule has 1 atom stereocenters. The number of carbonyl (C=O) groups excluding carboxylic acids is 1. The first-order chi connectivity index (χ1) is 8.92. The van der Waals surface area contributed by atoms with Gasteiger partial charge in [-0.15, -0.1) is 0 Å². The Balaban J connectivity index is 2.76. The van der Waals surface area contributed by atoms with Crippen LogP contribution in [0.1, 0.15) is 32.4 Å². The molecule has 1 unspecified atom stereocenters. The molecule has 0 bridgehead atoms. The second kappa shape index (κ2) is 6.66. The highest BCUT2D eigenvalue weighted by Gasteiger charge is 2.19. The average molecular weight is 262 g/mol. The molecule has 0 aromatic heterocycles. The van der Waals surface area contributed by atoms with Crippen molar-refractivity contribution in [3.63, 3.8) is 0 Å². The quantitative estimate of drug-likeness (QED) is 0.511. The Morgan fingerprint density at radius 1 is 1.42 bits per heavy atom. The van der Waals surface area contributed by atoms with Gasteiger partial charge in [0.15, 0.2) is 0 Å². The molecule has 1 rings (SSSR count). The molecule has 0 heterocycles. The third kappa shape index (κ3) is 5.79. The number of amides is 1. The zero-order valence-electron chi connectivity index (χ0n) is 11.3. The molecule has 1 aromatic carbocycles. The lowest BCUT2D eigenvalue weighted by molar-refractivity contribution is 0.0505. The molecule has 1 N–H and O–H groups in total. The molecule has 1 amide bonds. The minimum Gasteiger partial charge on any atom is -0.444 e. The van der Waals surface area contributed by atoms with Crippen LogP contribution in [0.2, 0.25) is 0 Å². The molecular weight excluding hydrogens is 244 g/mol. The first-order valence-corrected chi connectivity index (χ1v) is 5.97. The number of benzene rings is 1. The Bertz CT molecular complexity index is 461. The van der Waals surface area contributed by atoms with Crippen molar-refractivity contribution in [1.29, 1.82) is 0 Å². The van der Waals surface area contributed by atoms with Crippen LogP contribution < -0.4 is 5.32 Å². The summed E-state index contributed by atoms with van der Waals surface area (Å²) in [6, 6.07) is 8.91. The third-order valence-electron chi connectivity index (χ3n) is 2.22. The molecule has 6 nitrogen and oxygen atoms in total. The van der Waals surface area contributed by atoms with Crippen molar-refractivity contribution in [3.8, 4) is 0 Å². The highest BCUT2D eigenvalue weighted by Crippen LogP contribution is 2.15. The molecule has 102 valence electrons. The number of azide groups is 1. The number of hydrogen-bond donors (Lipinski definition) is 1. The monoisotopic (exact) mass is 262 g/mol. The van der Waals surface area contributed by atoms with E-state index in [2.05, 4.69) is 15.3 Å². The minimum atomic E-state index is -0.566. The number of ether oxygens (including phenoxy) is 1. The van der Waals surface area contributed by atoms with E-state index in [0.717, 1.165) is 5.56 Å². The van der Waals surface area contributed by atoms with Gasteiger partial charge in [-0.05, 0) is 31.9 Å². The second-order valence-corrected chi connectivity index (χ2v) is 5.02. The zero-order valence-corrected chi connectivity index (χ0v) is 11.3. The molecule has 0 spiro atoms. The average Bonchev–Trinajstić information content (AvgIpc) is 2.33. The summed E-state index contributed by atoms with van der Waals surface area (Å²) in [6.07, 6.45) is -0.533. The van der Waals surface area contributed by atoms with Crippen LogP contribution in [-0.2, 0) is 4.74 Å².